The molecule has 318 valence electrons. The third kappa shape index (κ3) is 35.8. The molecular weight excluding hydrogens is 679 g/mol. The molecule has 0 aromatic carbocycles. The second-order valence-electron chi connectivity index (χ2n) is 16.6. The fourth-order valence-electron chi connectivity index (χ4n) is 6.83. The van der Waals surface area contributed by atoms with Crippen molar-refractivity contribution < 1.29 is 38.2 Å². The molecule has 0 N–H and O–H groups in total. The van der Waals surface area contributed by atoms with Gasteiger partial charge in [0.2, 0.25) is 0 Å². The van der Waals surface area contributed by atoms with Gasteiger partial charge in [-0.15, -0.1) is 0 Å². The molecule has 0 bridgehead atoms. The van der Waals surface area contributed by atoms with Crippen LogP contribution >= 0.6 is 0 Å². The van der Waals surface area contributed by atoms with Gasteiger partial charge in [-0.05, 0) is 38.5 Å². The number of aliphatic carboxylic acids is 1. The highest BCUT2D eigenvalue weighted by molar-refractivity contribution is 5.70. The molecule has 0 amide bonds. The number of quaternary nitrogens is 1. The highest BCUT2D eigenvalue weighted by Gasteiger charge is 2.25. The van der Waals surface area contributed by atoms with Crippen molar-refractivity contribution in [3.8, 4) is 0 Å². The van der Waals surface area contributed by atoms with Crippen LogP contribution in [-0.4, -0.2) is 75.5 Å². The molecule has 0 spiro atoms. The Kier molecular flexibility index (Phi) is 36.6. The first-order valence-electron chi connectivity index (χ1n) is 22.7. The van der Waals surface area contributed by atoms with E-state index in [9.17, 15) is 19.5 Å². The van der Waals surface area contributed by atoms with Gasteiger partial charge >= 0.3 is 11.9 Å². The number of likely N-dealkylation sites (N-methyl/N-ethyl adjacent to an activating group) is 1. The van der Waals surface area contributed by atoms with Gasteiger partial charge in [-0.3, -0.25) is 9.59 Å². The van der Waals surface area contributed by atoms with Gasteiger partial charge in [0.15, 0.2) is 6.10 Å². The number of carboxylic acids is 1. The van der Waals surface area contributed by atoms with E-state index >= 15 is 0 Å². The molecule has 0 fully saturated rings. The molecule has 0 rings (SSSR count). The molecule has 0 aromatic rings. The quantitative estimate of drug-likeness (QED) is 0.0264. The molecular formula is C46H87NO7. The van der Waals surface area contributed by atoms with E-state index in [0.717, 1.165) is 51.4 Å². The average molecular weight is 766 g/mol. The summed E-state index contributed by atoms with van der Waals surface area (Å²) >= 11 is 0. The van der Waals surface area contributed by atoms with E-state index in [2.05, 4.69) is 26.0 Å². The summed E-state index contributed by atoms with van der Waals surface area (Å²) in [5, 5.41) is 11.6. The van der Waals surface area contributed by atoms with Crippen molar-refractivity contribution in [1.82, 2.24) is 0 Å². The SMILES string of the molecule is CCCCC/C=C/CCCCCCCC(=O)OCC(COCCC(C(=O)[O-])[N+](C)(C)C)OC(=O)CCCCCCCCCCCCCCCCCCCC. The van der Waals surface area contributed by atoms with E-state index in [1.165, 1.54) is 128 Å². The van der Waals surface area contributed by atoms with Crippen LogP contribution in [0, 0.1) is 0 Å². The van der Waals surface area contributed by atoms with E-state index in [1.807, 2.05) is 0 Å². The molecule has 0 aliphatic heterocycles. The Balaban J connectivity index is 4.28. The molecule has 0 aromatic heterocycles. The van der Waals surface area contributed by atoms with Crippen molar-refractivity contribution >= 4 is 17.9 Å². The number of rotatable bonds is 41. The van der Waals surface area contributed by atoms with Crippen molar-refractivity contribution in [3.05, 3.63) is 12.2 Å². The number of ether oxygens (including phenoxy) is 3. The fraction of sp³-hybridized carbons (Fsp3) is 0.891. The lowest BCUT2D eigenvalue weighted by Crippen LogP contribution is -2.55. The first-order valence-corrected chi connectivity index (χ1v) is 22.7. The monoisotopic (exact) mass is 766 g/mol. The van der Waals surface area contributed by atoms with Crippen molar-refractivity contribution in [2.75, 3.05) is 41.0 Å². The van der Waals surface area contributed by atoms with Crippen molar-refractivity contribution in [1.29, 1.82) is 0 Å². The summed E-state index contributed by atoms with van der Waals surface area (Å²) in [6, 6.07) is -0.722. The minimum Gasteiger partial charge on any atom is -0.544 e. The zero-order chi connectivity index (χ0) is 40.0. The number of carboxylic acid groups (broad SMARTS) is 1. The lowest BCUT2D eigenvalue weighted by atomic mass is 10.0. The van der Waals surface area contributed by atoms with Crippen LogP contribution in [0.3, 0.4) is 0 Å². The molecule has 2 atom stereocenters. The van der Waals surface area contributed by atoms with E-state index in [-0.39, 0.29) is 42.7 Å². The summed E-state index contributed by atoms with van der Waals surface area (Å²) in [4.78, 5) is 36.8. The largest absolute Gasteiger partial charge is 0.544 e. The Morgan fingerprint density at radius 1 is 0.537 bits per heavy atom. The summed E-state index contributed by atoms with van der Waals surface area (Å²) < 4.78 is 17.2. The van der Waals surface area contributed by atoms with Crippen LogP contribution in [-0.2, 0) is 28.6 Å². The summed E-state index contributed by atoms with van der Waals surface area (Å²) in [6.07, 6.45) is 39.5. The van der Waals surface area contributed by atoms with Gasteiger partial charge in [0.1, 0.15) is 12.6 Å². The van der Waals surface area contributed by atoms with Gasteiger partial charge in [-0.25, -0.2) is 0 Å². The fourth-order valence-corrected chi connectivity index (χ4v) is 6.83. The number of esters is 2. The molecule has 8 heteroatoms. The Bertz CT molecular complexity index is 900. The summed E-state index contributed by atoms with van der Waals surface area (Å²) in [7, 11) is 5.41. The zero-order valence-electron chi connectivity index (χ0n) is 36.2. The van der Waals surface area contributed by atoms with Crippen LogP contribution < -0.4 is 5.11 Å². The highest BCUT2D eigenvalue weighted by atomic mass is 16.6. The number of allylic oxidation sites excluding steroid dienone is 2. The Morgan fingerprint density at radius 3 is 1.37 bits per heavy atom. The van der Waals surface area contributed by atoms with Crippen LogP contribution in [0.1, 0.15) is 213 Å². The standard InChI is InChI=1S/C46H87NO7/c1-6-8-10-12-14-16-18-20-21-22-23-24-25-27-29-31-33-35-37-45(49)54-42(40-52-39-38-43(46(50)51)47(3,4)5)41-53-44(48)36-34-32-30-28-26-19-17-15-13-11-9-7-2/h15,17,42-43H,6-14,16,18-41H2,1-5H3/b17-15+. The molecule has 54 heavy (non-hydrogen) atoms. The molecule has 0 aliphatic carbocycles. The Morgan fingerprint density at radius 2 is 0.926 bits per heavy atom. The predicted molar refractivity (Wildman–Crippen MR) is 222 cm³/mol. The minimum atomic E-state index is -1.12. The average Bonchev–Trinajstić information content (AvgIpc) is 3.12. The maximum atomic E-state index is 12.7. The van der Waals surface area contributed by atoms with Crippen molar-refractivity contribution in [2.45, 2.75) is 225 Å². The maximum Gasteiger partial charge on any atom is 0.306 e. The number of hydrogen-bond acceptors (Lipinski definition) is 7. The van der Waals surface area contributed by atoms with Gasteiger partial charge in [-0.1, -0.05) is 167 Å². The molecule has 0 saturated carbocycles. The topological polar surface area (TPSA) is 102 Å². The van der Waals surface area contributed by atoms with Gasteiger partial charge in [-0.2, -0.15) is 0 Å². The van der Waals surface area contributed by atoms with Crippen LogP contribution in [0.15, 0.2) is 12.2 Å². The van der Waals surface area contributed by atoms with Gasteiger partial charge in [0, 0.05) is 19.3 Å². The number of unbranched alkanes of at least 4 members (excludes halogenated alkanes) is 25. The number of nitrogens with zero attached hydrogens (tertiary/aromatic N) is 1. The molecule has 0 heterocycles. The lowest BCUT2D eigenvalue weighted by molar-refractivity contribution is -0.889. The van der Waals surface area contributed by atoms with Crippen LogP contribution in [0.4, 0.5) is 0 Å². The second-order valence-corrected chi connectivity index (χ2v) is 16.6. The van der Waals surface area contributed by atoms with Crippen LogP contribution in [0.5, 0.6) is 0 Å². The van der Waals surface area contributed by atoms with E-state index in [0.29, 0.717) is 12.8 Å². The molecule has 0 aliphatic rings. The van der Waals surface area contributed by atoms with Gasteiger partial charge in [0.25, 0.3) is 0 Å². The first-order chi connectivity index (χ1) is 26.1. The number of hydrogen-bond donors (Lipinski definition) is 0. The first kappa shape index (κ1) is 52.1. The molecule has 0 saturated heterocycles. The van der Waals surface area contributed by atoms with E-state index in [4.69, 9.17) is 14.2 Å². The van der Waals surface area contributed by atoms with E-state index < -0.39 is 18.1 Å². The van der Waals surface area contributed by atoms with Gasteiger partial charge < -0.3 is 28.6 Å². The predicted octanol–water partition coefficient (Wildman–Crippen LogP) is 11.0. The highest BCUT2D eigenvalue weighted by Crippen LogP contribution is 2.16. The van der Waals surface area contributed by atoms with E-state index in [1.54, 1.807) is 21.1 Å². The third-order valence-electron chi connectivity index (χ3n) is 10.4. The van der Waals surface area contributed by atoms with Crippen molar-refractivity contribution in [3.63, 3.8) is 0 Å². The Hall–Kier alpha value is -1.93. The maximum absolute atomic E-state index is 12.7. The molecule has 2 unspecified atom stereocenters. The lowest BCUT2D eigenvalue weighted by Gasteiger charge is -2.34. The zero-order valence-corrected chi connectivity index (χ0v) is 36.2. The number of carbonyl (C=O) groups is 3. The molecule has 8 nitrogen and oxygen atoms in total. The summed E-state index contributed by atoms with van der Waals surface area (Å²) in [5.41, 5.74) is 0. The third-order valence-corrected chi connectivity index (χ3v) is 10.4. The normalized spacial score (nSPS) is 13.0. The smallest absolute Gasteiger partial charge is 0.306 e. The van der Waals surface area contributed by atoms with Crippen LogP contribution in [0.2, 0.25) is 0 Å². The Labute approximate surface area is 333 Å². The second kappa shape index (κ2) is 38.0. The molecule has 0 radical (unpaired) electrons. The van der Waals surface area contributed by atoms with Crippen molar-refractivity contribution in [2.24, 2.45) is 0 Å². The number of carbonyl (C=O) groups excluding carboxylic acids is 3. The summed E-state index contributed by atoms with van der Waals surface area (Å²) in [5.74, 6) is -1.73. The van der Waals surface area contributed by atoms with Gasteiger partial charge in [0.05, 0.1) is 40.3 Å². The summed E-state index contributed by atoms with van der Waals surface area (Å²) in [6.45, 7) is 4.65. The van der Waals surface area contributed by atoms with Crippen LogP contribution in [0.25, 0.3) is 0 Å². The minimum absolute atomic E-state index is 0.0438.